The van der Waals surface area contributed by atoms with Gasteiger partial charge in [0.25, 0.3) is 0 Å². The molecule has 0 radical (unpaired) electrons. The number of nitrogen functional groups attached to an aromatic ring is 1. The molecule has 5 nitrogen and oxygen atoms in total. The van der Waals surface area contributed by atoms with Crippen molar-refractivity contribution in [3.8, 4) is 0 Å². The first-order valence-corrected chi connectivity index (χ1v) is 5.31. The van der Waals surface area contributed by atoms with Gasteiger partial charge < -0.3 is 15.8 Å². The lowest BCUT2D eigenvalue weighted by Crippen LogP contribution is -2.18. The van der Waals surface area contributed by atoms with E-state index in [9.17, 15) is 4.79 Å². The Morgan fingerprint density at radius 2 is 2.29 bits per heavy atom. The molecule has 1 amide bonds. The molecule has 1 aromatic rings. The minimum atomic E-state index is -0.178. The van der Waals surface area contributed by atoms with Crippen LogP contribution >= 0.6 is 12.4 Å². The summed E-state index contributed by atoms with van der Waals surface area (Å²) in [5.41, 5.74) is 6.05. The van der Waals surface area contributed by atoms with E-state index in [1.807, 2.05) is 0 Å². The first-order chi connectivity index (χ1) is 7.72. The van der Waals surface area contributed by atoms with E-state index in [4.69, 9.17) is 10.5 Å². The van der Waals surface area contributed by atoms with E-state index in [0.717, 1.165) is 12.8 Å². The molecule has 0 aromatic carbocycles. The molecule has 0 spiro atoms. The first kappa shape index (κ1) is 15.7. The van der Waals surface area contributed by atoms with Gasteiger partial charge in [-0.25, -0.2) is 4.98 Å². The number of aromatic nitrogens is 1. The topological polar surface area (TPSA) is 77.2 Å². The number of anilines is 2. The van der Waals surface area contributed by atoms with Gasteiger partial charge in [0.1, 0.15) is 12.4 Å². The quantitative estimate of drug-likeness (QED) is 0.765. The smallest absolute Gasteiger partial charge is 0.250 e. The molecule has 96 valence electrons. The normalized spacial score (nSPS) is 9.47. The Labute approximate surface area is 107 Å². The molecule has 6 heteroatoms. The van der Waals surface area contributed by atoms with Gasteiger partial charge in [0.05, 0.1) is 11.9 Å². The van der Waals surface area contributed by atoms with Crippen LogP contribution in [0, 0.1) is 0 Å². The third kappa shape index (κ3) is 6.76. The average molecular weight is 260 g/mol. The molecular weight excluding hydrogens is 242 g/mol. The highest BCUT2D eigenvalue weighted by Gasteiger charge is 2.02. The van der Waals surface area contributed by atoms with E-state index in [1.54, 1.807) is 12.1 Å². The van der Waals surface area contributed by atoms with Crippen molar-refractivity contribution in [2.24, 2.45) is 0 Å². The van der Waals surface area contributed by atoms with Crippen molar-refractivity contribution in [2.75, 3.05) is 24.3 Å². The monoisotopic (exact) mass is 259 g/mol. The molecule has 0 fully saturated rings. The number of ether oxygens (including phenoxy) is 1. The van der Waals surface area contributed by atoms with Gasteiger partial charge in [-0.3, -0.25) is 4.79 Å². The largest absolute Gasteiger partial charge is 0.384 e. The predicted octanol–water partition coefficient (Wildman–Crippen LogP) is 1.84. The van der Waals surface area contributed by atoms with Crippen LogP contribution in [-0.2, 0) is 9.53 Å². The summed E-state index contributed by atoms with van der Waals surface area (Å²) < 4.78 is 5.17. The molecule has 0 unspecified atom stereocenters. The summed E-state index contributed by atoms with van der Waals surface area (Å²) in [6, 6.07) is 3.33. The molecule has 0 aliphatic rings. The number of unbranched alkanes of at least 4 members (excludes halogenated alkanes) is 1. The van der Waals surface area contributed by atoms with Crippen LogP contribution in [0.25, 0.3) is 0 Å². The van der Waals surface area contributed by atoms with Gasteiger partial charge >= 0.3 is 0 Å². The zero-order valence-electron chi connectivity index (χ0n) is 9.81. The lowest BCUT2D eigenvalue weighted by Gasteiger charge is -2.05. The molecule has 0 bridgehead atoms. The van der Waals surface area contributed by atoms with E-state index in [-0.39, 0.29) is 24.9 Å². The van der Waals surface area contributed by atoms with Crippen molar-refractivity contribution in [3.63, 3.8) is 0 Å². The van der Waals surface area contributed by atoms with E-state index in [1.165, 1.54) is 6.20 Å². The highest BCUT2D eigenvalue weighted by molar-refractivity contribution is 5.91. The van der Waals surface area contributed by atoms with Gasteiger partial charge in [-0.2, -0.15) is 0 Å². The summed E-state index contributed by atoms with van der Waals surface area (Å²) in [5, 5.41) is 2.66. The maximum atomic E-state index is 11.4. The van der Waals surface area contributed by atoms with Gasteiger partial charge in [0.2, 0.25) is 5.91 Å². The van der Waals surface area contributed by atoms with Crippen molar-refractivity contribution in [3.05, 3.63) is 18.3 Å². The van der Waals surface area contributed by atoms with Crippen molar-refractivity contribution in [2.45, 2.75) is 19.8 Å². The number of nitrogens with two attached hydrogens (primary N) is 1. The lowest BCUT2D eigenvalue weighted by atomic mass is 10.4. The van der Waals surface area contributed by atoms with Crippen molar-refractivity contribution in [1.29, 1.82) is 0 Å². The fraction of sp³-hybridized carbons (Fsp3) is 0.455. The molecule has 1 heterocycles. The van der Waals surface area contributed by atoms with Crippen molar-refractivity contribution in [1.82, 2.24) is 4.98 Å². The maximum Gasteiger partial charge on any atom is 0.250 e. The van der Waals surface area contributed by atoms with E-state index >= 15 is 0 Å². The standard InChI is InChI=1S/C11H17N3O2.ClH/c1-2-3-6-16-8-11(15)14-9-4-5-10(12)13-7-9;/h4-5,7H,2-3,6,8H2,1H3,(H2,12,13)(H,14,15);1H. The fourth-order valence-corrected chi connectivity index (χ4v) is 1.09. The Bertz CT molecular complexity index is 330. The summed E-state index contributed by atoms with van der Waals surface area (Å²) in [4.78, 5) is 15.2. The number of rotatable bonds is 6. The Kier molecular flexibility index (Phi) is 8.09. The Morgan fingerprint density at radius 1 is 1.53 bits per heavy atom. The van der Waals surface area contributed by atoms with E-state index < -0.39 is 0 Å². The van der Waals surface area contributed by atoms with Crippen LogP contribution in [0.5, 0.6) is 0 Å². The van der Waals surface area contributed by atoms with Gasteiger partial charge in [0, 0.05) is 6.61 Å². The van der Waals surface area contributed by atoms with Crippen LogP contribution in [0.2, 0.25) is 0 Å². The van der Waals surface area contributed by atoms with E-state index in [0.29, 0.717) is 18.1 Å². The summed E-state index contributed by atoms with van der Waals surface area (Å²) >= 11 is 0. The van der Waals surface area contributed by atoms with Crippen LogP contribution < -0.4 is 11.1 Å². The number of pyridine rings is 1. The second kappa shape index (κ2) is 8.78. The predicted molar refractivity (Wildman–Crippen MR) is 70.3 cm³/mol. The number of halogens is 1. The van der Waals surface area contributed by atoms with Gasteiger partial charge in [-0.15, -0.1) is 12.4 Å². The molecule has 1 rings (SSSR count). The molecule has 17 heavy (non-hydrogen) atoms. The summed E-state index contributed by atoms with van der Waals surface area (Å²) in [7, 11) is 0. The number of nitrogens with one attached hydrogen (secondary N) is 1. The Balaban J connectivity index is 0.00000256. The number of hydrogen-bond donors (Lipinski definition) is 2. The van der Waals surface area contributed by atoms with Crippen LogP contribution in [0.4, 0.5) is 11.5 Å². The van der Waals surface area contributed by atoms with E-state index in [2.05, 4.69) is 17.2 Å². The van der Waals surface area contributed by atoms with Gasteiger partial charge in [-0.05, 0) is 18.6 Å². The minimum Gasteiger partial charge on any atom is -0.384 e. The van der Waals surface area contributed by atoms with Crippen molar-refractivity contribution < 1.29 is 9.53 Å². The number of hydrogen-bond acceptors (Lipinski definition) is 4. The van der Waals surface area contributed by atoms with Gasteiger partial charge in [-0.1, -0.05) is 13.3 Å². The molecule has 1 aromatic heterocycles. The second-order valence-corrected chi connectivity index (χ2v) is 3.43. The number of nitrogens with zero attached hydrogens (tertiary/aromatic N) is 1. The molecule has 3 N–H and O–H groups in total. The molecule has 0 aliphatic carbocycles. The molecule has 0 saturated carbocycles. The van der Waals surface area contributed by atoms with Crippen LogP contribution in [0.3, 0.4) is 0 Å². The van der Waals surface area contributed by atoms with Crippen LogP contribution in [0.15, 0.2) is 18.3 Å². The second-order valence-electron chi connectivity index (χ2n) is 3.43. The number of carbonyl (C=O) groups is 1. The number of carbonyl (C=O) groups excluding carboxylic acids is 1. The fourth-order valence-electron chi connectivity index (χ4n) is 1.09. The lowest BCUT2D eigenvalue weighted by molar-refractivity contribution is -0.120. The van der Waals surface area contributed by atoms with Gasteiger partial charge in [0.15, 0.2) is 0 Å². The summed E-state index contributed by atoms with van der Waals surface area (Å²) in [6.07, 6.45) is 3.54. The third-order valence-corrected chi connectivity index (χ3v) is 1.95. The highest BCUT2D eigenvalue weighted by Crippen LogP contribution is 2.06. The third-order valence-electron chi connectivity index (χ3n) is 1.95. The highest BCUT2D eigenvalue weighted by atomic mass is 35.5. The molecule has 0 atom stereocenters. The molecular formula is C11H18ClN3O2. The number of amides is 1. The Morgan fingerprint density at radius 3 is 2.88 bits per heavy atom. The van der Waals surface area contributed by atoms with Crippen LogP contribution in [0.1, 0.15) is 19.8 Å². The average Bonchev–Trinajstić information content (AvgIpc) is 2.28. The minimum absolute atomic E-state index is 0. The molecule has 0 saturated heterocycles. The summed E-state index contributed by atoms with van der Waals surface area (Å²) in [6.45, 7) is 2.76. The molecule has 0 aliphatic heterocycles. The maximum absolute atomic E-state index is 11.4. The first-order valence-electron chi connectivity index (χ1n) is 5.31. The summed E-state index contributed by atoms with van der Waals surface area (Å²) in [5.74, 6) is 0.250. The SMILES string of the molecule is CCCCOCC(=O)Nc1ccc(N)nc1.Cl. The Hall–Kier alpha value is -1.33. The van der Waals surface area contributed by atoms with Crippen LogP contribution in [-0.4, -0.2) is 24.1 Å². The zero-order chi connectivity index (χ0) is 11.8. The van der Waals surface area contributed by atoms with Crippen molar-refractivity contribution >= 4 is 29.8 Å². The zero-order valence-corrected chi connectivity index (χ0v) is 10.6.